The Kier molecular flexibility index (Phi) is 7.11. The van der Waals surface area contributed by atoms with Crippen LogP contribution in [-0.4, -0.2) is 32.3 Å². The molecule has 0 amide bonds. The number of phenolic OH excluding ortho intramolecular Hbond substituents is 1. The van der Waals surface area contributed by atoms with Gasteiger partial charge in [0.1, 0.15) is 12.8 Å². The Morgan fingerprint density at radius 1 is 1.00 bits per heavy atom. The van der Waals surface area contributed by atoms with Crippen molar-refractivity contribution in [2.24, 2.45) is 7.05 Å². The number of hydrogen-bond donors (Lipinski definition) is 1. The molecular weight excluding hydrogens is 382 g/mol. The molecule has 0 fully saturated rings. The van der Waals surface area contributed by atoms with E-state index in [-0.39, 0.29) is 0 Å². The number of aromatic nitrogens is 1. The molecule has 0 radical (unpaired) electrons. The van der Waals surface area contributed by atoms with Gasteiger partial charge in [-0.25, -0.2) is 8.42 Å². The van der Waals surface area contributed by atoms with Gasteiger partial charge in [0.05, 0.1) is 19.6 Å². The summed E-state index contributed by atoms with van der Waals surface area (Å²) in [5, 5.41) is 11.1. The van der Waals surface area contributed by atoms with Crippen molar-refractivity contribution in [2.45, 2.75) is 0 Å². The zero-order valence-corrected chi connectivity index (χ0v) is 16.5. The summed E-state index contributed by atoms with van der Waals surface area (Å²) in [5.74, 6) is 1.14. The second-order valence-electron chi connectivity index (χ2n) is 5.71. The highest BCUT2D eigenvalue weighted by atomic mass is 32.3. The second kappa shape index (κ2) is 9.32. The van der Waals surface area contributed by atoms with Crippen LogP contribution >= 0.6 is 0 Å². The zero-order valence-electron chi connectivity index (χ0n) is 15.7. The van der Waals surface area contributed by atoms with E-state index in [9.17, 15) is 18.1 Å². The van der Waals surface area contributed by atoms with Crippen molar-refractivity contribution in [2.75, 3.05) is 14.2 Å². The van der Waals surface area contributed by atoms with E-state index in [1.54, 1.807) is 13.2 Å². The minimum atomic E-state index is -4.41. The zero-order chi connectivity index (χ0) is 20.7. The fourth-order valence-corrected chi connectivity index (χ4v) is 2.53. The third-order valence-corrected chi connectivity index (χ3v) is 4.38. The molecule has 3 rings (SSSR count). The van der Waals surface area contributed by atoms with Crippen LogP contribution in [0, 0.1) is 0 Å². The topological polar surface area (TPSA) is 99.8 Å². The maximum Gasteiger partial charge on any atom is 0.254 e. The molecule has 0 atom stereocenters. The molecule has 1 N–H and O–H groups in total. The summed E-state index contributed by atoms with van der Waals surface area (Å²) in [7, 11) is 0.00908. The maximum absolute atomic E-state index is 10.1. The SMILES string of the molecule is COS(=O)(=O)[O-].COc1ccc(C=Cc2ccc3cccc(O)c3[n+]2C)cc1. The first-order valence-electron chi connectivity index (χ1n) is 8.19. The number of methoxy groups -OCH3 is 1. The molecule has 8 heteroatoms. The van der Waals surface area contributed by atoms with Gasteiger partial charge in [0.15, 0.2) is 5.75 Å². The average Bonchev–Trinajstić information content (AvgIpc) is 2.68. The normalized spacial score (nSPS) is 11.3. The molecular formula is C20H21NO6S. The van der Waals surface area contributed by atoms with Crippen molar-refractivity contribution in [3.63, 3.8) is 0 Å². The molecule has 1 aromatic heterocycles. The van der Waals surface area contributed by atoms with Crippen LogP contribution in [0.3, 0.4) is 0 Å². The summed E-state index contributed by atoms with van der Waals surface area (Å²) in [4.78, 5) is 0. The van der Waals surface area contributed by atoms with E-state index < -0.39 is 10.4 Å². The van der Waals surface area contributed by atoms with Crippen LogP contribution in [0.2, 0.25) is 0 Å². The van der Waals surface area contributed by atoms with E-state index >= 15 is 0 Å². The molecule has 7 nitrogen and oxygen atoms in total. The smallest absolute Gasteiger partial charge is 0.254 e. The number of ether oxygens (including phenoxy) is 1. The van der Waals surface area contributed by atoms with Crippen LogP contribution < -0.4 is 9.30 Å². The molecule has 28 heavy (non-hydrogen) atoms. The fraction of sp³-hybridized carbons (Fsp3) is 0.150. The number of aryl methyl sites for hydroxylation is 1. The lowest BCUT2D eigenvalue weighted by atomic mass is 10.1. The Bertz CT molecular complexity index is 1080. The summed E-state index contributed by atoms with van der Waals surface area (Å²) >= 11 is 0. The molecule has 148 valence electrons. The van der Waals surface area contributed by atoms with Crippen molar-refractivity contribution in [3.05, 3.63) is 65.9 Å². The molecule has 1 heterocycles. The van der Waals surface area contributed by atoms with Gasteiger partial charge in [-0.15, -0.1) is 0 Å². The molecule has 0 saturated carbocycles. The number of para-hydroxylation sites is 1. The lowest BCUT2D eigenvalue weighted by Crippen LogP contribution is -2.32. The number of benzene rings is 2. The first kappa shape index (κ1) is 21.4. The predicted octanol–water partition coefficient (Wildman–Crippen LogP) is 2.64. The summed E-state index contributed by atoms with van der Waals surface area (Å²) in [6.07, 6.45) is 4.08. The Morgan fingerprint density at radius 3 is 2.21 bits per heavy atom. The minimum absolute atomic E-state index is 0.291. The Balaban J connectivity index is 0.000000409. The van der Waals surface area contributed by atoms with Crippen LogP contribution in [0.15, 0.2) is 54.6 Å². The van der Waals surface area contributed by atoms with Gasteiger partial charge in [-0.05, 0) is 42.0 Å². The molecule has 0 unspecified atom stereocenters. The first-order valence-corrected chi connectivity index (χ1v) is 9.53. The highest BCUT2D eigenvalue weighted by Crippen LogP contribution is 2.21. The summed E-state index contributed by atoms with van der Waals surface area (Å²) in [5.41, 5.74) is 2.95. The van der Waals surface area contributed by atoms with E-state index in [0.717, 1.165) is 35.0 Å². The van der Waals surface area contributed by atoms with E-state index in [1.165, 1.54) is 0 Å². The van der Waals surface area contributed by atoms with Crippen LogP contribution in [0.4, 0.5) is 0 Å². The van der Waals surface area contributed by atoms with Crippen LogP contribution in [0.5, 0.6) is 11.5 Å². The highest BCUT2D eigenvalue weighted by molar-refractivity contribution is 7.80. The van der Waals surface area contributed by atoms with Gasteiger partial charge in [0, 0.05) is 12.1 Å². The van der Waals surface area contributed by atoms with Gasteiger partial charge in [-0.1, -0.05) is 18.2 Å². The standard InChI is InChI=1S/C19H17NO2.CH4O4S/c1-20-16(10-6-14-7-12-17(22-2)13-8-14)11-9-15-4-3-5-18(21)19(15)20;1-5-6(2,3)4/h3-13H,1-2H3;1H3,(H,2,3,4). The van der Waals surface area contributed by atoms with Gasteiger partial charge >= 0.3 is 0 Å². The van der Waals surface area contributed by atoms with Gasteiger partial charge < -0.3 is 14.4 Å². The van der Waals surface area contributed by atoms with Gasteiger partial charge in [-0.2, -0.15) is 4.57 Å². The molecule has 0 aliphatic rings. The number of fused-ring (bicyclic) bond motifs is 1. The fourth-order valence-electron chi connectivity index (χ4n) is 2.53. The largest absolute Gasteiger partial charge is 0.726 e. The predicted molar refractivity (Wildman–Crippen MR) is 105 cm³/mol. The first-order chi connectivity index (χ1) is 13.2. The van der Waals surface area contributed by atoms with E-state index in [0.29, 0.717) is 5.75 Å². The second-order valence-corrected chi connectivity index (χ2v) is 6.86. The average molecular weight is 403 g/mol. The van der Waals surface area contributed by atoms with Gasteiger partial charge in [0.2, 0.25) is 16.1 Å². The molecule has 0 aliphatic heterocycles. The number of rotatable bonds is 4. The molecule has 2 aromatic carbocycles. The highest BCUT2D eigenvalue weighted by Gasteiger charge is 2.13. The van der Waals surface area contributed by atoms with Crippen molar-refractivity contribution in [1.29, 1.82) is 0 Å². The van der Waals surface area contributed by atoms with Gasteiger partial charge in [0.25, 0.3) is 5.52 Å². The lowest BCUT2D eigenvalue weighted by Gasteiger charge is -2.02. The summed E-state index contributed by atoms with van der Waals surface area (Å²) in [6, 6.07) is 17.5. The quantitative estimate of drug-likeness (QED) is 0.408. The number of aromatic hydroxyl groups is 1. The van der Waals surface area contributed by atoms with Crippen LogP contribution in [-0.2, 0) is 21.6 Å². The maximum atomic E-state index is 10.1. The van der Waals surface area contributed by atoms with Crippen molar-refractivity contribution >= 4 is 33.5 Å². The van der Waals surface area contributed by atoms with Crippen LogP contribution in [0.1, 0.15) is 11.3 Å². The number of phenols is 1. The third-order valence-electron chi connectivity index (χ3n) is 3.97. The number of hydrogen-bond acceptors (Lipinski definition) is 6. The van der Waals surface area contributed by atoms with Crippen molar-refractivity contribution in [1.82, 2.24) is 0 Å². The summed E-state index contributed by atoms with van der Waals surface area (Å²) in [6.45, 7) is 0. The summed E-state index contributed by atoms with van der Waals surface area (Å²) < 4.78 is 38.2. The van der Waals surface area contributed by atoms with E-state index in [1.807, 2.05) is 72.3 Å². The van der Waals surface area contributed by atoms with Crippen molar-refractivity contribution < 1.29 is 31.6 Å². The van der Waals surface area contributed by atoms with Crippen LogP contribution in [0.25, 0.3) is 23.1 Å². The lowest BCUT2D eigenvalue weighted by molar-refractivity contribution is -0.646. The molecule has 0 aliphatic carbocycles. The molecule has 0 bridgehead atoms. The number of nitrogens with zero attached hydrogens (tertiary/aromatic N) is 1. The molecule has 3 aromatic rings. The Morgan fingerprint density at radius 2 is 1.64 bits per heavy atom. The Hall–Kier alpha value is -2.94. The third kappa shape index (κ3) is 5.78. The van der Waals surface area contributed by atoms with Crippen molar-refractivity contribution in [3.8, 4) is 11.5 Å². The molecule has 0 saturated heterocycles. The van der Waals surface area contributed by atoms with E-state index in [4.69, 9.17) is 4.74 Å². The number of pyridine rings is 1. The van der Waals surface area contributed by atoms with Gasteiger partial charge in [-0.3, -0.25) is 4.18 Å². The Labute approximate surface area is 164 Å². The minimum Gasteiger partial charge on any atom is -0.726 e. The monoisotopic (exact) mass is 403 g/mol. The molecule has 0 spiro atoms. The van der Waals surface area contributed by atoms with E-state index in [2.05, 4.69) is 4.18 Å².